The third kappa shape index (κ3) is 2.05. The highest BCUT2D eigenvalue weighted by atomic mass is 32.1. The first-order chi connectivity index (χ1) is 7.33. The van der Waals surface area contributed by atoms with Crippen LogP contribution in [0.5, 0.6) is 0 Å². The number of nitrogens with zero attached hydrogens (tertiary/aromatic N) is 1. The van der Waals surface area contributed by atoms with Gasteiger partial charge in [-0.15, -0.1) is 12.6 Å². The molecule has 0 aliphatic carbocycles. The maximum absolute atomic E-state index is 4.45. The fourth-order valence-electron chi connectivity index (χ4n) is 1.64. The van der Waals surface area contributed by atoms with Gasteiger partial charge in [0.2, 0.25) is 0 Å². The number of pyridine rings is 1. The minimum absolute atomic E-state index is 0.915. The molecule has 76 valence electrons. The van der Waals surface area contributed by atoms with Crippen LogP contribution in [0, 0.1) is 0 Å². The molecule has 1 heterocycles. The second-order valence-corrected chi connectivity index (χ2v) is 3.89. The van der Waals surface area contributed by atoms with Gasteiger partial charge in [0, 0.05) is 16.5 Å². The summed E-state index contributed by atoms with van der Waals surface area (Å²) in [5.41, 5.74) is 2.29. The minimum atomic E-state index is 0.915. The number of allylic oxidation sites excluding steroid dienone is 2. The van der Waals surface area contributed by atoms with Crippen LogP contribution in [0.25, 0.3) is 10.9 Å². The molecule has 0 aliphatic heterocycles. The Morgan fingerprint density at radius 2 is 2.13 bits per heavy atom. The molecule has 0 aliphatic rings. The zero-order valence-electron chi connectivity index (χ0n) is 8.64. The van der Waals surface area contributed by atoms with Gasteiger partial charge in [-0.25, -0.2) is 0 Å². The van der Waals surface area contributed by atoms with Crippen LogP contribution in [0.1, 0.15) is 12.5 Å². The molecule has 2 rings (SSSR count). The van der Waals surface area contributed by atoms with Gasteiger partial charge in [0.25, 0.3) is 0 Å². The lowest BCUT2D eigenvalue weighted by Gasteiger charge is -2.06. The Bertz CT molecular complexity index is 503. The van der Waals surface area contributed by atoms with E-state index < -0.39 is 0 Å². The zero-order valence-corrected chi connectivity index (χ0v) is 9.54. The molecule has 0 saturated carbocycles. The van der Waals surface area contributed by atoms with Crippen LogP contribution in [0.15, 0.2) is 47.5 Å². The number of benzene rings is 1. The molecular weight excluding hydrogens is 202 g/mol. The van der Waals surface area contributed by atoms with Crippen LogP contribution in [0.2, 0.25) is 0 Å². The van der Waals surface area contributed by atoms with Crippen LogP contribution in [-0.4, -0.2) is 4.98 Å². The highest BCUT2D eigenvalue weighted by Crippen LogP contribution is 2.23. The molecule has 2 heteroatoms. The number of fused-ring (bicyclic) bond motifs is 1. The molecule has 15 heavy (non-hydrogen) atoms. The minimum Gasteiger partial charge on any atom is -0.255 e. The molecule has 1 aromatic heterocycles. The fourth-order valence-corrected chi connectivity index (χ4v) is 1.91. The topological polar surface area (TPSA) is 12.9 Å². The van der Waals surface area contributed by atoms with E-state index in [1.54, 1.807) is 0 Å². The van der Waals surface area contributed by atoms with Crippen molar-refractivity contribution in [2.45, 2.75) is 18.2 Å². The smallest absolute Gasteiger partial charge is 0.0705 e. The van der Waals surface area contributed by atoms with E-state index in [-0.39, 0.29) is 0 Å². The third-order valence-corrected chi connectivity index (χ3v) is 2.81. The van der Waals surface area contributed by atoms with Gasteiger partial charge in [0.1, 0.15) is 0 Å². The normalized spacial score (nSPS) is 11.3. The Hall–Kier alpha value is -1.28. The first-order valence-corrected chi connectivity index (χ1v) is 5.44. The molecule has 0 N–H and O–H groups in total. The number of rotatable bonds is 2. The summed E-state index contributed by atoms with van der Waals surface area (Å²) >= 11 is 4.45. The largest absolute Gasteiger partial charge is 0.255 e. The van der Waals surface area contributed by atoms with Gasteiger partial charge in [0.05, 0.1) is 5.52 Å². The van der Waals surface area contributed by atoms with Gasteiger partial charge in [-0.1, -0.05) is 30.4 Å². The van der Waals surface area contributed by atoms with E-state index in [1.807, 2.05) is 31.3 Å². The van der Waals surface area contributed by atoms with E-state index in [9.17, 15) is 0 Å². The molecule has 1 aromatic carbocycles. The van der Waals surface area contributed by atoms with Crippen molar-refractivity contribution >= 4 is 23.5 Å². The third-order valence-electron chi connectivity index (χ3n) is 2.42. The highest BCUT2D eigenvalue weighted by Gasteiger charge is 2.03. The highest BCUT2D eigenvalue weighted by molar-refractivity contribution is 7.80. The number of thiol groups is 1. The van der Waals surface area contributed by atoms with E-state index in [2.05, 4.69) is 35.8 Å². The van der Waals surface area contributed by atoms with Crippen molar-refractivity contribution in [3.8, 4) is 0 Å². The van der Waals surface area contributed by atoms with Crippen LogP contribution >= 0.6 is 12.6 Å². The molecule has 0 bridgehead atoms. The lowest BCUT2D eigenvalue weighted by atomic mass is 10.1. The van der Waals surface area contributed by atoms with Gasteiger partial charge >= 0.3 is 0 Å². The van der Waals surface area contributed by atoms with Crippen molar-refractivity contribution in [2.24, 2.45) is 0 Å². The van der Waals surface area contributed by atoms with Crippen LogP contribution < -0.4 is 0 Å². The Balaban J connectivity index is 2.63. The molecule has 0 spiro atoms. The van der Waals surface area contributed by atoms with Gasteiger partial charge in [-0.2, -0.15) is 0 Å². The Kier molecular flexibility index (Phi) is 3.07. The van der Waals surface area contributed by atoms with E-state index in [1.165, 1.54) is 10.9 Å². The number of hydrogen-bond acceptors (Lipinski definition) is 2. The number of aromatic nitrogens is 1. The SMILES string of the molecule is CC=CCc1c(S)cnc2ccccc12. The van der Waals surface area contributed by atoms with Crippen LogP contribution in [-0.2, 0) is 6.42 Å². The molecule has 0 fully saturated rings. The molecule has 0 atom stereocenters. The maximum Gasteiger partial charge on any atom is 0.0705 e. The molecule has 1 nitrogen and oxygen atoms in total. The standard InChI is InChI=1S/C13H13NS/c1-2-3-6-11-10-7-4-5-8-12(10)14-9-13(11)15/h2-5,7-9,15H,6H2,1H3. The molecule has 0 amide bonds. The first-order valence-electron chi connectivity index (χ1n) is 4.99. The van der Waals surface area contributed by atoms with Crippen LogP contribution in [0.3, 0.4) is 0 Å². The van der Waals surface area contributed by atoms with Gasteiger partial charge in [-0.05, 0) is 25.0 Å². The maximum atomic E-state index is 4.45. The summed E-state index contributed by atoms with van der Waals surface area (Å²) in [5.74, 6) is 0. The zero-order chi connectivity index (χ0) is 10.7. The predicted molar refractivity (Wildman–Crippen MR) is 67.5 cm³/mol. The first kappa shape index (κ1) is 10.2. The Labute approximate surface area is 95.3 Å². The second kappa shape index (κ2) is 4.49. The fraction of sp³-hybridized carbons (Fsp3) is 0.154. The summed E-state index contributed by atoms with van der Waals surface area (Å²) in [4.78, 5) is 5.31. The van der Waals surface area contributed by atoms with Crippen molar-refractivity contribution < 1.29 is 0 Å². The second-order valence-electron chi connectivity index (χ2n) is 3.41. The van der Waals surface area contributed by atoms with Gasteiger partial charge in [0.15, 0.2) is 0 Å². The quantitative estimate of drug-likeness (QED) is 0.596. The molecular formula is C13H13NS. The summed E-state index contributed by atoms with van der Waals surface area (Å²) in [6.07, 6.45) is 6.94. The van der Waals surface area contributed by atoms with E-state index in [0.717, 1.165) is 16.8 Å². The number of para-hydroxylation sites is 1. The molecule has 0 radical (unpaired) electrons. The Morgan fingerprint density at radius 3 is 2.93 bits per heavy atom. The molecule has 0 unspecified atom stereocenters. The monoisotopic (exact) mass is 215 g/mol. The lowest BCUT2D eigenvalue weighted by Crippen LogP contribution is -1.89. The summed E-state index contributed by atoms with van der Waals surface area (Å²) < 4.78 is 0. The average molecular weight is 215 g/mol. The van der Waals surface area contributed by atoms with E-state index in [0.29, 0.717) is 0 Å². The van der Waals surface area contributed by atoms with E-state index >= 15 is 0 Å². The average Bonchev–Trinajstić information content (AvgIpc) is 2.28. The van der Waals surface area contributed by atoms with Crippen molar-refractivity contribution in [2.75, 3.05) is 0 Å². The molecule has 2 aromatic rings. The van der Waals surface area contributed by atoms with Crippen molar-refractivity contribution in [3.63, 3.8) is 0 Å². The van der Waals surface area contributed by atoms with Gasteiger partial charge < -0.3 is 0 Å². The number of hydrogen-bond donors (Lipinski definition) is 1. The van der Waals surface area contributed by atoms with Gasteiger partial charge in [-0.3, -0.25) is 4.98 Å². The summed E-state index contributed by atoms with van der Waals surface area (Å²) in [7, 11) is 0. The summed E-state index contributed by atoms with van der Waals surface area (Å²) in [6, 6.07) is 8.17. The van der Waals surface area contributed by atoms with E-state index in [4.69, 9.17) is 0 Å². The van der Waals surface area contributed by atoms with Crippen molar-refractivity contribution in [1.82, 2.24) is 4.98 Å². The van der Waals surface area contributed by atoms with Crippen molar-refractivity contribution in [1.29, 1.82) is 0 Å². The van der Waals surface area contributed by atoms with Crippen molar-refractivity contribution in [3.05, 3.63) is 48.2 Å². The summed E-state index contributed by atoms with van der Waals surface area (Å²) in [6.45, 7) is 2.03. The summed E-state index contributed by atoms with van der Waals surface area (Å²) in [5, 5.41) is 1.20. The Morgan fingerprint density at radius 1 is 1.33 bits per heavy atom. The molecule has 0 saturated heterocycles. The predicted octanol–water partition coefficient (Wildman–Crippen LogP) is 3.64. The lowest BCUT2D eigenvalue weighted by molar-refractivity contribution is 1.16. The van der Waals surface area contributed by atoms with Crippen LogP contribution in [0.4, 0.5) is 0 Å².